The van der Waals surface area contributed by atoms with Gasteiger partial charge >= 0.3 is 0 Å². The molecule has 1 aliphatic heterocycles. The average Bonchev–Trinajstić information content (AvgIpc) is 2.74. The van der Waals surface area contributed by atoms with E-state index >= 15 is 0 Å². The number of nitrogens with zero attached hydrogens (tertiary/aromatic N) is 3. The van der Waals surface area contributed by atoms with Crippen LogP contribution >= 0.6 is 47.3 Å². The van der Waals surface area contributed by atoms with Crippen molar-refractivity contribution >= 4 is 59.1 Å². The molecule has 0 bridgehead atoms. The van der Waals surface area contributed by atoms with E-state index in [1.165, 1.54) is 4.90 Å². The number of ether oxygens (including phenoxy) is 1. The maximum absolute atomic E-state index is 5.92. The van der Waals surface area contributed by atoms with Gasteiger partial charge in [-0.05, 0) is 49.7 Å². The first-order valence-electron chi connectivity index (χ1n) is 10.2. The molecule has 170 valence electrons. The maximum Gasteiger partial charge on any atom is 0.191 e. The van der Waals surface area contributed by atoms with E-state index in [9.17, 15) is 0 Å². The second-order valence-corrected chi connectivity index (χ2v) is 8.95. The normalized spacial score (nSPS) is 19.0. The van der Waals surface area contributed by atoms with Crippen molar-refractivity contribution in [2.75, 3.05) is 37.3 Å². The van der Waals surface area contributed by atoms with E-state index in [-0.39, 0.29) is 36.2 Å². The fourth-order valence-corrected chi connectivity index (χ4v) is 4.24. The third-order valence-corrected chi connectivity index (χ3v) is 5.98. The van der Waals surface area contributed by atoms with Crippen LogP contribution < -0.4 is 15.5 Å². The molecule has 6 nitrogen and oxygen atoms in total. The molecule has 2 atom stereocenters. The summed E-state index contributed by atoms with van der Waals surface area (Å²) < 4.78 is 5.80. The van der Waals surface area contributed by atoms with Crippen molar-refractivity contribution in [1.29, 1.82) is 0 Å². The van der Waals surface area contributed by atoms with Gasteiger partial charge in [-0.1, -0.05) is 17.7 Å². The summed E-state index contributed by atoms with van der Waals surface area (Å²) in [5.41, 5.74) is 1.12. The number of hydrogen-bond acceptors (Lipinski definition) is 5. The minimum absolute atomic E-state index is 0. The van der Waals surface area contributed by atoms with Crippen LogP contribution in [0.25, 0.3) is 0 Å². The fraction of sp³-hybridized carbons (Fsp3) is 0.455. The van der Waals surface area contributed by atoms with Crippen molar-refractivity contribution in [1.82, 2.24) is 15.6 Å². The van der Waals surface area contributed by atoms with Crippen molar-refractivity contribution in [3.8, 4) is 0 Å². The van der Waals surface area contributed by atoms with Gasteiger partial charge in [-0.25, -0.2) is 4.98 Å². The monoisotopic (exact) mass is 575 g/mol. The van der Waals surface area contributed by atoms with Crippen molar-refractivity contribution in [2.24, 2.45) is 4.99 Å². The molecule has 0 spiro atoms. The topological polar surface area (TPSA) is 61.8 Å². The Labute approximate surface area is 211 Å². The van der Waals surface area contributed by atoms with Crippen molar-refractivity contribution in [3.63, 3.8) is 0 Å². The van der Waals surface area contributed by atoms with Crippen LogP contribution in [0.2, 0.25) is 5.02 Å². The number of anilines is 1. The molecule has 1 aromatic heterocycles. The molecule has 0 radical (unpaired) electrons. The standard InChI is InChI=1S/C22H30ClN5OS.HI/c1-16-14-28(15-17(2)29-16)21-9-4-18(12-26-21)13-27-22(24-3)25-10-11-30-20-7-5-19(23)6-8-20;/h4-9,12,16-17H,10-11,13-15H2,1-3H3,(H2,24,25,27);1H. The number of pyridine rings is 1. The lowest BCUT2D eigenvalue weighted by Crippen LogP contribution is -2.45. The highest BCUT2D eigenvalue weighted by Gasteiger charge is 2.22. The molecule has 9 heteroatoms. The Morgan fingerprint density at radius 3 is 2.48 bits per heavy atom. The lowest BCUT2D eigenvalue weighted by atomic mass is 10.2. The summed E-state index contributed by atoms with van der Waals surface area (Å²) in [7, 11) is 1.78. The first-order chi connectivity index (χ1) is 14.5. The first-order valence-corrected chi connectivity index (χ1v) is 11.6. The highest BCUT2D eigenvalue weighted by Crippen LogP contribution is 2.20. The summed E-state index contributed by atoms with van der Waals surface area (Å²) in [5, 5.41) is 7.45. The molecule has 2 unspecified atom stereocenters. The molecular weight excluding hydrogens is 545 g/mol. The molecule has 31 heavy (non-hydrogen) atoms. The predicted molar refractivity (Wildman–Crippen MR) is 142 cm³/mol. The number of nitrogens with one attached hydrogen (secondary N) is 2. The molecule has 3 rings (SSSR count). The van der Waals surface area contributed by atoms with Gasteiger partial charge in [0.05, 0.1) is 12.2 Å². The Kier molecular flexibility index (Phi) is 11.2. The van der Waals surface area contributed by atoms with E-state index in [2.05, 4.69) is 51.5 Å². The second-order valence-electron chi connectivity index (χ2n) is 7.34. The van der Waals surface area contributed by atoms with Crippen LogP contribution in [-0.4, -0.2) is 55.6 Å². The molecular formula is C22H31ClIN5OS. The van der Waals surface area contributed by atoms with Crippen LogP contribution in [0.1, 0.15) is 19.4 Å². The summed E-state index contributed by atoms with van der Waals surface area (Å²) in [4.78, 5) is 12.4. The summed E-state index contributed by atoms with van der Waals surface area (Å²) in [5.74, 6) is 2.73. The van der Waals surface area contributed by atoms with Gasteiger partial charge in [-0.2, -0.15) is 0 Å². The van der Waals surface area contributed by atoms with Gasteiger partial charge in [0, 0.05) is 55.1 Å². The van der Waals surface area contributed by atoms with Gasteiger partial charge in [0.2, 0.25) is 0 Å². The van der Waals surface area contributed by atoms with Crippen LogP contribution in [-0.2, 0) is 11.3 Å². The number of morpholine rings is 1. The van der Waals surface area contributed by atoms with Gasteiger partial charge in [0.15, 0.2) is 5.96 Å². The summed E-state index contributed by atoms with van der Waals surface area (Å²) in [6.07, 6.45) is 2.38. The zero-order valence-electron chi connectivity index (χ0n) is 18.2. The highest BCUT2D eigenvalue weighted by molar-refractivity contribution is 14.0. The molecule has 2 N–H and O–H groups in total. The average molecular weight is 576 g/mol. The van der Waals surface area contributed by atoms with Gasteiger partial charge in [-0.3, -0.25) is 4.99 Å². The number of guanidine groups is 1. The van der Waals surface area contributed by atoms with Gasteiger partial charge < -0.3 is 20.3 Å². The van der Waals surface area contributed by atoms with Crippen molar-refractivity contribution in [3.05, 3.63) is 53.2 Å². The van der Waals surface area contributed by atoms with Crippen LogP contribution in [0, 0.1) is 0 Å². The Morgan fingerprint density at radius 2 is 1.87 bits per heavy atom. The zero-order chi connectivity index (χ0) is 21.3. The third kappa shape index (κ3) is 8.67. The SMILES string of the molecule is CN=C(NCCSc1ccc(Cl)cc1)NCc1ccc(N2CC(C)OC(C)C2)nc1.I. The fourth-order valence-electron chi connectivity index (χ4n) is 3.35. The molecule has 1 saturated heterocycles. The number of rotatable bonds is 7. The Hall–Kier alpha value is -1.23. The Morgan fingerprint density at radius 1 is 1.16 bits per heavy atom. The third-order valence-electron chi connectivity index (χ3n) is 4.71. The van der Waals surface area contributed by atoms with Gasteiger partial charge in [0.1, 0.15) is 5.82 Å². The predicted octanol–water partition coefficient (Wildman–Crippen LogP) is 4.42. The van der Waals surface area contributed by atoms with Crippen molar-refractivity contribution < 1.29 is 4.74 Å². The van der Waals surface area contributed by atoms with Crippen LogP contribution in [0.3, 0.4) is 0 Å². The number of benzene rings is 1. The molecule has 1 aromatic carbocycles. The molecule has 2 heterocycles. The highest BCUT2D eigenvalue weighted by atomic mass is 127. The zero-order valence-corrected chi connectivity index (χ0v) is 22.1. The first kappa shape index (κ1) is 26.0. The van der Waals surface area contributed by atoms with E-state index in [1.807, 2.05) is 30.5 Å². The van der Waals surface area contributed by atoms with E-state index in [0.29, 0.717) is 6.54 Å². The smallest absolute Gasteiger partial charge is 0.191 e. The molecule has 2 aromatic rings. The van der Waals surface area contributed by atoms with Crippen LogP contribution in [0.5, 0.6) is 0 Å². The molecule has 0 saturated carbocycles. The van der Waals surface area contributed by atoms with Gasteiger partial charge in [0.25, 0.3) is 0 Å². The van der Waals surface area contributed by atoms with Crippen LogP contribution in [0.15, 0.2) is 52.5 Å². The summed E-state index contributed by atoms with van der Waals surface area (Å²) in [6.45, 7) is 7.45. The lowest BCUT2D eigenvalue weighted by Gasteiger charge is -2.36. The number of aliphatic imine (C=N–C) groups is 1. The van der Waals surface area contributed by atoms with E-state index < -0.39 is 0 Å². The number of halogens is 2. The largest absolute Gasteiger partial charge is 0.372 e. The van der Waals surface area contributed by atoms with Crippen molar-refractivity contribution in [2.45, 2.75) is 37.5 Å². The molecule has 1 fully saturated rings. The molecule has 1 aliphatic rings. The summed E-state index contributed by atoms with van der Waals surface area (Å²) in [6, 6.07) is 12.1. The Balaban J connectivity index is 0.00000341. The maximum atomic E-state index is 5.92. The number of aromatic nitrogens is 1. The number of thioether (sulfide) groups is 1. The Bertz CT molecular complexity index is 812. The second kappa shape index (κ2) is 13.3. The molecule has 0 amide bonds. The van der Waals surface area contributed by atoms with E-state index in [4.69, 9.17) is 16.3 Å². The van der Waals surface area contributed by atoms with Crippen LogP contribution in [0.4, 0.5) is 5.82 Å². The van der Waals surface area contributed by atoms with Gasteiger partial charge in [-0.15, -0.1) is 35.7 Å². The van der Waals surface area contributed by atoms with E-state index in [1.54, 1.807) is 18.8 Å². The molecule has 0 aliphatic carbocycles. The number of hydrogen-bond donors (Lipinski definition) is 2. The minimum atomic E-state index is 0. The quantitative estimate of drug-likeness (QED) is 0.168. The summed E-state index contributed by atoms with van der Waals surface area (Å²) >= 11 is 7.70. The lowest BCUT2D eigenvalue weighted by molar-refractivity contribution is -0.00545. The minimum Gasteiger partial charge on any atom is -0.372 e. The van der Waals surface area contributed by atoms with E-state index in [0.717, 1.165) is 47.8 Å².